The van der Waals surface area contributed by atoms with Crippen LogP contribution in [-0.4, -0.2) is 31.8 Å². The highest BCUT2D eigenvalue weighted by atomic mass is 32.1. The molecule has 8 nitrogen and oxygen atoms in total. The summed E-state index contributed by atoms with van der Waals surface area (Å²) < 4.78 is 9.35. The molecule has 0 spiro atoms. The van der Waals surface area contributed by atoms with Gasteiger partial charge in [-0.25, -0.2) is 14.5 Å². The van der Waals surface area contributed by atoms with E-state index >= 15 is 0 Å². The largest absolute Gasteiger partial charge is 0.494 e. The molecule has 0 radical (unpaired) electrons. The number of benzene rings is 1. The molecule has 3 heterocycles. The molecular weight excluding hydrogens is 366 g/mol. The summed E-state index contributed by atoms with van der Waals surface area (Å²) in [7, 11) is 0. The molecule has 1 aliphatic rings. The SMILES string of the molecule is CCOc1ccc2nc(NC(=O)Cn3nc4n(c3=O)CCCCC4)sc2c1. The number of nitrogens with zero attached hydrogens (tertiary/aromatic N) is 4. The second-order valence-corrected chi connectivity index (χ2v) is 7.48. The van der Waals surface area contributed by atoms with Crippen LogP contribution in [0.15, 0.2) is 23.0 Å². The molecule has 1 aliphatic heterocycles. The Bertz CT molecular complexity index is 1040. The first-order valence-corrected chi connectivity index (χ1v) is 9.95. The molecule has 142 valence electrons. The number of amides is 1. The summed E-state index contributed by atoms with van der Waals surface area (Å²) >= 11 is 1.37. The van der Waals surface area contributed by atoms with Gasteiger partial charge in [0.1, 0.15) is 18.1 Å². The van der Waals surface area contributed by atoms with Crippen LogP contribution in [0.3, 0.4) is 0 Å². The Morgan fingerprint density at radius 1 is 1.33 bits per heavy atom. The van der Waals surface area contributed by atoms with Gasteiger partial charge in [0.15, 0.2) is 5.13 Å². The predicted molar refractivity (Wildman–Crippen MR) is 103 cm³/mol. The zero-order valence-electron chi connectivity index (χ0n) is 15.1. The predicted octanol–water partition coefficient (Wildman–Crippen LogP) is 2.42. The number of nitrogens with one attached hydrogen (secondary N) is 1. The number of aromatic nitrogens is 4. The first kappa shape index (κ1) is 17.7. The fraction of sp³-hybridized carbons (Fsp3) is 0.444. The molecule has 27 heavy (non-hydrogen) atoms. The quantitative estimate of drug-likeness (QED) is 0.726. The third-order valence-electron chi connectivity index (χ3n) is 4.49. The number of rotatable bonds is 5. The first-order chi connectivity index (χ1) is 13.1. The van der Waals surface area contributed by atoms with E-state index in [-0.39, 0.29) is 18.1 Å². The van der Waals surface area contributed by atoms with Crippen molar-refractivity contribution < 1.29 is 9.53 Å². The van der Waals surface area contributed by atoms with Crippen LogP contribution in [0, 0.1) is 0 Å². The second kappa shape index (κ2) is 7.51. The average Bonchev–Trinajstić information content (AvgIpc) is 3.05. The van der Waals surface area contributed by atoms with E-state index in [4.69, 9.17) is 4.74 Å². The zero-order chi connectivity index (χ0) is 18.8. The van der Waals surface area contributed by atoms with Crippen LogP contribution in [0.2, 0.25) is 0 Å². The van der Waals surface area contributed by atoms with Gasteiger partial charge in [-0.2, -0.15) is 5.10 Å². The lowest BCUT2D eigenvalue weighted by molar-refractivity contribution is -0.117. The first-order valence-electron chi connectivity index (χ1n) is 9.14. The molecule has 1 amide bonds. The van der Waals surface area contributed by atoms with Crippen LogP contribution in [0.4, 0.5) is 5.13 Å². The molecule has 4 rings (SSSR count). The van der Waals surface area contributed by atoms with Crippen LogP contribution in [0.5, 0.6) is 5.75 Å². The molecule has 3 aromatic rings. The number of ether oxygens (including phenoxy) is 1. The van der Waals surface area contributed by atoms with E-state index in [2.05, 4.69) is 15.4 Å². The van der Waals surface area contributed by atoms with Gasteiger partial charge in [0.05, 0.1) is 16.8 Å². The van der Waals surface area contributed by atoms with Crippen molar-refractivity contribution in [3.05, 3.63) is 34.5 Å². The van der Waals surface area contributed by atoms with E-state index in [0.29, 0.717) is 18.3 Å². The van der Waals surface area contributed by atoms with E-state index in [0.717, 1.165) is 47.5 Å². The van der Waals surface area contributed by atoms with Crippen LogP contribution in [0.1, 0.15) is 32.0 Å². The number of carbonyl (C=O) groups is 1. The molecule has 0 fully saturated rings. The molecule has 9 heteroatoms. The topological polar surface area (TPSA) is 91.0 Å². The smallest absolute Gasteiger partial charge is 0.346 e. The van der Waals surface area contributed by atoms with Crippen molar-refractivity contribution in [1.82, 2.24) is 19.3 Å². The lowest BCUT2D eigenvalue weighted by Gasteiger charge is -2.01. The van der Waals surface area contributed by atoms with Gasteiger partial charge in [-0.3, -0.25) is 9.36 Å². The molecule has 1 aromatic carbocycles. The minimum atomic E-state index is -0.311. The van der Waals surface area contributed by atoms with Gasteiger partial charge in [-0.05, 0) is 38.0 Å². The molecule has 0 bridgehead atoms. The Hall–Kier alpha value is -2.68. The number of fused-ring (bicyclic) bond motifs is 2. The van der Waals surface area contributed by atoms with Gasteiger partial charge in [0, 0.05) is 13.0 Å². The summed E-state index contributed by atoms with van der Waals surface area (Å²) in [5.41, 5.74) is 0.581. The van der Waals surface area contributed by atoms with E-state index in [1.807, 2.05) is 25.1 Å². The van der Waals surface area contributed by atoms with Gasteiger partial charge < -0.3 is 10.1 Å². The fourth-order valence-corrected chi connectivity index (χ4v) is 4.15. The molecule has 0 unspecified atom stereocenters. The third kappa shape index (κ3) is 3.73. The van der Waals surface area contributed by atoms with Crippen LogP contribution >= 0.6 is 11.3 Å². The summed E-state index contributed by atoms with van der Waals surface area (Å²) in [6.45, 7) is 3.09. The van der Waals surface area contributed by atoms with Crippen molar-refractivity contribution in [3.8, 4) is 5.75 Å². The van der Waals surface area contributed by atoms with Crippen molar-refractivity contribution in [2.75, 3.05) is 11.9 Å². The van der Waals surface area contributed by atoms with Crippen molar-refractivity contribution in [2.45, 2.75) is 45.7 Å². The number of hydrogen-bond acceptors (Lipinski definition) is 6. The van der Waals surface area contributed by atoms with E-state index in [9.17, 15) is 9.59 Å². The van der Waals surface area contributed by atoms with Crippen molar-refractivity contribution in [3.63, 3.8) is 0 Å². The maximum atomic E-state index is 12.5. The normalized spacial score (nSPS) is 14.0. The summed E-state index contributed by atoms with van der Waals surface area (Å²) in [6.07, 6.45) is 3.88. The van der Waals surface area contributed by atoms with Crippen molar-refractivity contribution in [1.29, 1.82) is 0 Å². The molecule has 0 atom stereocenters. The van der Waals surface area contributed by atoms with Gasteiger partial charge >= 0.3 is 5.69 Å². The lowest BCUT2D eigenvalue weighted by atomic mass is 10.2. The van der Waals surface area contributed by atoms with Gasteiger partial charge in [-0.15, -0.1) is 0 Å². The number of anilines is 1. The Morgan fingerprint density at radius 3 is 3.07 bits per heavy atom. The minimum absolute atomic E-state index is 0.112. The standard InChI is InChI=1S/C18H21N5O3S/c1-2-26-12-7-8-13-14(10-12)27-17(19-13)20-16(24)11-23-18(25)22-9-5-3-4-6-15(22)21-23/h7-8,10H,2-6,9,11H2,1H3,(H,19,20,24). The Morgan fingerprint density at radius 2 is 2.22 bits per heavy atom. The molecule has 2 aromatic heterocycles. The molecular formula is C18H21N5O3S. The highest BCUT2D eigenvalue weighted by Gasteiger charge is 2.18. The number of carbonyl (C=O) groups excluding carboxylic acids is 1. The monoisotopic (exact) mass is 387 g/mol. The summed E-state index contributed by atoms with van der Waals surface area (Å²) in [5.74, 6) is 1.24. The molecule has 0 saturated carbocycles. The molecule has 0 aliphatic carbocycles. The Balaban J connectivity index is 1.48. The number of thiazole rings is 1. The lowest BCUT2D eigenvalue weighted by Crippen LogP contribution is -2.30. The summed E-state index contributed by atoms with van der Waals surface area (Å²) in [5, 5.41) is 7.61. The number of hydrogen-bond donors (Lipinski definition) is 1. The van der Waals surface area contributed by atoms with E-state index in [1.165, 1.54) is 16.0 Å². The molecule has 1 N–H and O–H groups in total. The van der Waals surface area contributed by atoms with Crippen molar-refractivity contribution >= 4 is 32.6 Å². The highest BCUT2D eigenvalue weighted by Crippen LogP contribution is 2.29. The third-order valence-corrected chi connectivity index (χ3v) is 5.43. The van der Waals surface area contributed by atoms with Crippen molar-refractivity contribution in [2.24, 2.45) is 0 Å². The maximum Gasteiger partial charge on any atom is 0.346 e. The van der Waals surface area contributed by atoms with Crippen LogP contribution < -0.4 is 15.7 Å². The average molecular weight is 387 g/mol. The molecule has 0 saturated heterocycles. The Labute approximate surface area is 159 Å². The van der Waals surface area contributed by atoms with E-state index < -0.39 is 0 Å². The van der Waals surface area contributed by atoms with Gasteiger partial charge in [-0.1, -0.05) is 17.8 Å². The van der Waals surface area contributed by atoms with E-state index in [1.54, 1.807) is 4.57 Å². The van der Waals surface area contributed by atoms with Gasteiger partial charge in [0.25, 0.3) is 0 Å². The summed E-state index contributed by atoms with van der Waals surface area (Å²) in [6, 6.07) is 5.63. The summed E-state index contributed by atoms with van der Waals surface area (Å²) in [4.78, 5) is 29.2. The fourth-order valence-electron chi connectivity index (χ4n) is 3.24. The Kier molecular flexibility index (Phi) is 4.93. The zero-order valence-corrected chi connectivity index (χ0v) is 15.9. The second-order valence-electron chi connectivity index (χ2n) is 6.45. The van der Waals surface area contributed by atoms with Gasteiger partial charge in [0.2, 0.25) is 5.91 Å². The number of aryl methyl sites for hydroxylation is 1. The van der Waals surface area contributed by atoms with Crippen LogP contribution in [-0.2, 0) is 24.3 Å². The maximum absolute atomic E-state index is 12.5. The highest BCUT2D eigenvalue weighted by molar-refractivity contribution is 7.22. The van der Waals surface area contributed by atoms with Crippen LogP contribution in [0.25, 0.3) is 10.2 Å². The minimum Gasteiger partial charge on any atom is -0.494 e.